The maximum Gasteiger partial charge on any atom is 0.257 e. The second-order valence-electron chi connectivity index (χ2n) is 7.47. The number of hydrogen-bond donors (Lipinski definition) is 0. The maximum absolute atomic E-state index is 13.2. The minimum atomic E-state index is -0.103. The Bertz CT molecular complexity index is 966. The van der Waals surface area contributed by atoms with E-state index in [1.165, 1.54) is 6.33 Å². The van der Waals surface area contributed by atoms with Crippen molar-refractivity contribution < 1.29 is 14.3 Å². The van der Waals surface area contributed by atoms with Crippen molar-refractivity contribution in [3.05, 3.63) is 72.3 Å². The Balaban J connectivity index is 1.46. The molecule has 2 atom stereocenters. The second kappa shape index (κ2) is 9.09. The summed E-state index contributed by atoms with van der Waals surface area (Å²) in [5.74, 6) is 0.518. The van der Waals surface area contributed by atoms with E-state index in [4.69, 9.17) is 9.47 Å². The van der Waals surface area contributed by atoms with Crippen LogP contribution in [0.25, 0.3) is 5.69 Å². The van der Waals surface area contributed by atoms with Crippen molar-refractivity contribution in [2.24, 2.45) is 0 Å². The molecule has 1 fully saturated rings. The molecule has 7 nitrogen and oxygen atoms in total. The summed E-state index contributed by atoms with van der Waals surface area (Å²) in [6, 6.07) is 15.2. The highest BCUT2D eigenvalue weighted by atomic mass is 16.5. The fourth-order valence-corrected chi connectivity index (χ4v) is 3.56. The zero-order valence-corrected chi connectivity index (χ0v) is 17.3. The molecule has 0 saturated carbocycles. The van der Waals surface area contributed by atoms with Crippen LogP contribution in [0.5, 0.6) is 5.75 Å². The molecule has 30 heavy (non-hydrogen) atoms. The summed E-state index contributed by atoms with van der Waals surface area (Å²) in [5.41, 5.74) is 2.52. The molecule has 3 aromatic rings. The third-order valence-electron chi connectivity index (χ3n) is 5.53. The lowest BCUT2D eigenvalue weighted by molar-refractivity contribution is 0.0647. The van der Waals surface area contributed by atoms with Crippen molar-refractivity contribution in [2.75, 3.05) is 20.3 Å². The molecule has 0 N–H and O–H groups in total. The van der Waals surface area contributed by atoms with Gasteiger partial charge in [0.2, 0.25) is 0 Å². The van der Waals surface area contributed by atoms with Gasteiger partial charge in [0.25, 0.3) is 5.91 Å². The lowest BCUT2D eigenvalue weighted by Crippen LogP contribution is -2.30. The molecule has 1 amide bonds. The van der Waals surface area contributed by atoms with Gasteiger partial charge >= 0.3 is 0 Å². The molecule has 156 valence electrons. The van der Waals surface area contributed by atoms with Gasteiger partial charge in [-0.2, -0.15) is 5.10 Å². The fourth-order valence-electron chi connectivity index (χ4n) is 3.56. The van der Waals surface area contributed by atoms with E-state index in [2.05, 4.69) is 10.1 Å². The number of carbonyl (C=O) groups excluding carboxylic acids is 1. The van der Waals surface area contributed by atoms with Crippen LogP contribution in [0.3, 0.4) is 0 Å². The molecule has 1 saturated heterocycles. The van der Waals surface area contributed by atoms with Gasteiger partial charge in [0.15, 0.2) is 0 Å². The van der Waals surface area contributed by atoms with Crippen LogP contribution in [-0.2, 0) is 4.74 Å². The molecular weight excluding hydrogens is 380 g/mol. The maximum atomic E-state index is 13.2. The van der Waals surface area contributed by atoms with Crippen LogP contribution in [0.1, 0.15) is 41.7 Å². The van der Waals surface area contributed by atoms with Gasteiger partial charge in [0.1, 0.15) is 25.0 Å². The third kappa shape index (κ3) is 4.36. The molecule has 0 aliphatic carbocycles. The molecule has 0 bridgehead atoms. The molecule has 2 heterocycles. The van der Waals surface area contributed by atoms with Gasteiger partial charge in [-0.25, -0.2) is 9.67 Å². The molecule has 2 unspecified atom stereocenters. The van der Waals surface area contributed by atoms with Crippen molar-refractivity contribution in [1.29, 1.82) is 0 Å². The fraction of sp³-hybridized carbons (Fsp3) is 0.348. The molecular formula is C23H26N4O3. The van der Waals surface area contributed by atoms with Gasteiger partial charge in [-0.15, -0.1) is 0 Å². The average molecular weight is 406 g/mol. The number of ether oxygens (including phenoxy) is 2. The predicted molar refractivity (Wildman–Crippen MR) is 113 cm³/mol. The highest BCUT2D eigenvalue weighted by Gasteiger charge is 2.23. The molecule has 0 radical (unpaired) electrons. The van der Waals surface area contributed by atoms with Gasteiger partial charge in [-0.1, -0.05) is 24.3 Å². The Kier molecular flexibility index (Phi) is 6.09. The van der Waals surface area contributed by atoms with Crippen LogP contribution in [0.15, 0.2) is 61.2 Å². The Morgan fingerprint density at radius 3 is 2.77 bits per heavy atom. The highest BCUT2D eigenvalue weighted by Crippen LogP contribution is 2.26. The van der Waals surface area contributed by atoms with Crippen LogP contribution in [0.4, 0.5) is 0 Å². The van der Waals surface area contributed by atoms with Crippen molar-refractivity contribution in [3.63, 3.8) is 0 Å². The first-order valence-electron chi connectivity index (χ1n) is 10.2. The first-order valence-corrected chi connectivity index (χ1v) is 10.2. The summed E-state index contributed by atoms with van der Waals surface area (Å²) in [5, 5.41) is 4.14. The predicted octanol–water partition coefficient (Wildman–Crippen LogP) is 3.66. The standard InChI is InChI=1S/C23H26N4O3/c1-17(18-9-11-19(12-10-18)27-16-24-15-25-27)26(2)23(28)21-7-3-4-8-22(21)30-14-20-6-5-13-29-20/h3-4,7-12,15-17,20H,5-6,13-14H2,1-2H3. The van der Waals surface area contributed by atoms with Crippen LogP contribution >= 0.6 is 0 Å². The number of nitrogens with zero attached hydrogens (tertiary/aromatic N) is 4. The van der Waals surface area contributed by atoms with E-state index in [0.29, 0.717) is 17.9 Å². The Morgan fingerprint density at radius 2 is 2.07 bits per heavy atom. The van der Waals surface area contributed by atoms with Gasteiger partial charge in [-0.05, 0) is 49.6 Å². The van der Waals surface area contributed by atoms with E-state index in [9.17, 15) is 4.79 Å². The SMILES string of the molecule is CC(c1ccc(-n2cncn2)cc1)N(C)C(=O)c1ccccc1OCC1CCCO1. The lowest BCUT2D eigenvalue weighted by Gasteiger charge is -2.26. The monoisotopic (exact) mass is 406 g/mol. The third-order valence-corrected chi connectivity index (χ3v) is 5.53. The van der Waals surface area contributed by atoms with E-state index in [1.54, 1.807) is 15.9 Å². The zero-order valence-electron chi connectivity index (χ0n) is 17.3. The minimum Gasteiger partial charge on any atom is -0.490 e. The van der Waals surface area contributed by atoms with Crippen LogP contribution < -0.4 is 4.74 Å². The number of benzene rings is 2. The highest BCUT2D eigenvalue weighted by molar-refractivity contribution is 5.97. The molecule has 4 rings (SSSR count). The minimum absolute atomic E-state index is 0.0780. The summed E-state index contributed by atoms with van der Waals surface area (Å²) in [6.07, 6.45) is 5.32. The summed E-state index contributed by atoms with van der Waals surface area (Å²) >= 11 is 0. The van der Waals surface area contributed by atoms with E-state index in [1.807, 2.05) is 62.5 Å². The lowest BCUT2D eigenvalue weighted by atomic mass is 10.1. The Morgan fingerprint density at radius 1 is 1.27 bits per heavy atom. The largest absolute Gasteiger partial charge is 0.490 e. The average Bonchev–Trinajstić information content (AvgIpc) is 3.51. The Labute approximate surface area is 176 Å². The van der Waals surface area contributed by atoms with Gasteiger partial charge in [0.05, 0.1) is 23.4 Å². The van der Waals surface area contributed by atoms with Crippen molar-refractivity contribution in [3.8, 4) is 11.4 Å². The van der Waals surface area contributed by atoms with Crippen LogP contribution in [0.2, 0.25) is 0 Å². The quantitative estimate of drug-likeness (QED) is 0.599. The number of carbonyl (C=O) groups is 1. The van der Waals surface area contributed by atoms with E-state index >= 15 is 0 Å². The summed E-state index contributed by atoms with van der Waals surface area (Å²) < 4.78 is 13.3. The van der Waals surface area contributed by atoms with Crippen molar-refractivity contribution >= 4 is 5.91 Å². The summed E-state index contributed by atoms with van der Waals surface area (Å²) in [4.78, 5) is 18.9. The normalized spacial score (nSPS) is 16.9. The summed E-state index contributed by atoms with van der Waals surface area (Å²) in [6.45, 7) is 3.26. The molecule has 2 aromatic carbocycles. The molecule has 0 spiro atoms. The second-order valence-corrected chi connectivity index (χ2v) is 7.47. The van der Waals surface area contributed by atoms with Gasteiger partial charge in [0, 0.05) is 13.7 Å². The zero-order chi connectivity index (χ0) is 20.9. The number of aromatic nitrogens is 3. The number of hydrogen-bond acceptors (Lipinski definition) is 5. The van der Waals surface area contributed by atoms with E-state index in [0.717, 1.165) is 30.7 Å². The molecule has 1 aliphatic rings. The first-order chi connectivity index (χ1) is 14.6. The van der Waals surface area contributed by atoms with Gasteiger partial charge < -0.3 is 14.4 Å². The van der Waals surface area contributed by atoms with E-state index < -0.39 is 0 Å². The molecule has 7 heteroatoms. The van der Waals surface area contributed by atoms with E-state index in [-0.39, 0.29) is 18.1 Å². The first kappa shape index (κ1) is 20.1. The van der Waals surface area contributed by atoms with Crippen LogP contribution in [0, 0.1) is 0 Å². The number of rotatable bonds is 7. The molecule has 1 aliphatic heterocycles. The van der Waals surface area contributed by atoms with Crippen molar-refractivity contribution in [1.82, 2.24) is 19.7 Å². The Hall–Kier alpha value is -3.19. The number of amides is 1. The summed E-state index contributed by atoms with van der Waals surface area (Å²) in [7, 11) is 1.81. The smallest absolute Gasteiger partial charge is 0.257 e. The van der Waals surface area contributed by atoms with Crippen molar-refractivity contribution in [2.45, 2.75) is 31.9 Å². The van der Waals surface area contributed by atoms with Crippen LogP contribution in [-0.4, -0.2) is 51.9 Å². The molecule has 1 aromatic heterocycles. The van der Waals surface area contributed by atoms with Gasteiger partial charge in [-0.3, -0.25) is 4.79 Å². The number of para-hydroxylation sites is 1. The topological polar surface area (TPSA) is 69.5 Å².